The number of halogens is 3. The van der Waals surface area contributed by atoms with Gasteiger partial charge in [-0.05, 0) is 43.2 Å². The number of hydrogen-bond donors (Lipinski definition) is 1. The Hall–Kier alpha value is -1.51. The van der Waals surface area contributed by atoms with E-state index in [0.29, 0.717) is 35.8 Å². The normalized spacial score (nSPS) is 17.7. The number of carbonyl (C=O) groups excluding carboxylic acids is 1. The van der Waals surface area contributed by atoms with Crippen LogP contribution in [0, 0.1) is 5.92 Å². The minimum Gasteiger partial charge on any atom is -0.495 e. The Morgan fingerprint density at radius 2 is 1.93 bits per heavy atom. The van der Waals surface area contributed by atoms with Crippen molar-refractivity contribution in [1.82, 2.24) is 4.31 Å². The first-order valence-corrected chi connectivity index (χ1v) is 11.4. The lowest BCUT2D eigenvalue weighted by atomic mass is 9.99. The topological polar surface area (TPSA) is 75.7 Å². The summed E-state index contributed by atoms with van der Waals surface area (Å²) < 4.78 is 32.4. The van der Waals surface area contributed by atoms with Crippen LogP contribution in [0.1, 0.15) is 12.8 Å². The summed E-state index contributed by atoms with van der Waals surface area (Å²) >= 11 is 18.2. The van der Waals surface area contributed by atoms with Crippen LogP contribution in [0.3, 0.4) is 0 Å². The van der Waals surface area contributed by atoms with E-state index in [-0.39, 0.29) is 27.4 Å². The van der Waals surface area contributed by atoms with Crippen LogP contribution in [0.15, 0.2) is 41.3 Å². The lowest BCUT2D eigenvalue weighted by Crippen LogP contribution is -2.43. The van der Waals surface area contributed by atoms with Crippen molar-refractivity contribution in [2.75, 3.05) is 25.5 Å². The van der Waals surface area contributed by atoms with Gasteiger partial charge in [-0.1, -0.05) is 40.9 Å². The van der Waals surface area contributed by atoms with E-state index in [1.54, 1.807) is 18.2 Å². The summed E-state index contributed by atoms with van der Waals surface area (Å²) in [6.07, 6.45) is 1.13. The van der Waals surface area contributed by atoms with Crippen molar-refractivity contribution < 1.29 is 17.9 Å². The quantitative estimate of drug-likeness (QED) is 0.677. The molecule has 3 rings (SSSR count). The number of amides is 1. The van der Waals surface area contributed by atoms with E-state index in [4.69, 9.17) is 39.5 Å². The fourth-order valence-corrected chi connectivity index (χ4v) is 5.39. The fourth-order valence-electron chi connectivity index (χ4n) is 3.17. The van der Waals surface area contributed by atoms with E-state index in [2.05, 4.69) is 5.32 Å². The van der Waals surface area contributed by atoms with Crippen LogP contribution in [0.4, 0.5) is 5.69 Å². The number of carbonyl (C=O) groups is 1. The van der Waals surface area contributed by atoms with Gasteiger partial charge < -0.3 is 10.1 Å². The maximum atomic E-state index is 13.0. The third kappa shape index (κ3) is 4.81. The van der Waals surface area contributed by atoms with Crippen molar-refractivity contribution in [1.29, 1.82) is 0 Å². The van der Waals surface area contributed by atoms with Crippen molar-refractivity contribution in [2.24, 2.45) is 5.92 Å². The fraction of sp³-hybridized carbons (Fsp3) is 0.316. The molecule has 2 aromatic carbocycles. The molecule has 0 unspecified atom stereocenters. The number of hydrogen-bond acceptors (Lipinski definition) is 4. The second-order valence-electron chi connectivity index (χ2n) is 6.59. The van der Waals surface area contributed by atoms with Crippen molar-refractivity contribution in [3.63, 3.8) is 0 Å². The molecule has 0 bridgehead atoms. The van der Waals surface area contributed by atoms with Gasteiger partial charge in [-0.2, -0.15) is 4.31 Å². The molecule has 0 saturated carbocycles. The van der Waals surface area contributed by atoms with Gasteiger partial charge in [0.1, 0.15) is 5.75 Å². The minimum absolute atomic E-state index is 0.0576. The monoisotopic (exact) mass is 476 g/mol. The van der Waals surface area contributed by atoms with Gasteiger partial charge in [-0.3, -0.25) is 4.79 Å². The number of piperidine rings is 1. The smallest absolute Gasteiger partial charge is 0.243 e. The number of nitrogens with one attached hydrogen (secondary N) is 1. The van der Waals surface area contributed by atoms with Crippen molar-refractivity contribution in [3.05, 3.63) is 51.5 Å². The van der Waals surface area contributed by atoms with Crippen LogP contribution in [0.25, 0.3) is 0 Å². The molecule has 1 aliphatic heterocycles. The lowest BCUT2D eigenvalue weighted by Gasteiger charge is -2.31. The molecule has 10 heteroatoms. The molecule has 1 atom stereocenters. The number of anilines is 1. The molecule has 1 heterocycles. The van der Waals surface area contributed by atoms with Crippen LogP contribution in [0.5, 0.6) is 5.75 Å². The van der Waals surface area contributed by atoms with Crippen LogP contribution in [0.2, 0.25) is 15.1 Å². The number of nitrogens with zero attached hydrogens (tertiary/aromatic N) is 1. The van der Waals surface area contributed by atoms with Crippen molar-refractivity contribution >= 4 is 56.4 Å². The SMILES string of the molecule is COc1ccc(S(=O)(=O)N2CCC[C@H](C(=O)Nc3cccc(Cl)c3Cl)C2)cc1Cl. The molecule has 29 heavy (non-hydrogen) atoms. The molecule has 6 nitrogen and oxygen atoms in total. The molecule has 1 aliphatic rings. The van der Waals surface area contributed by atoms with Gasteiger partial charge in [0.15, 0.2) is 0 Å². The van der Waals surface area contributed by atoms with Crippen molar-refractivity contribution in [3.8, 4) is 5.75 Å². The first-order chi connectivity index (χ1) is 13.7. The second kappa shape index (κ2) is 9.10. The first kappa shape index (κ1) is 22.2. The summed E-state index contributed by atoms with van der Waals surface area (Å²) in [6, 6.07) is 9.23. The molecule has 1 saturated heterocycles. The van der Waals surface area contributed by atoms with Gasteiger partial charge in [-0.25, -0.2) is 8.42 Å². The molecular formula is C19H19Cl3N2O4S. The first-order valence-electron chi connectivity index (χ1n) is 8.82. The third-order valence-electron chi connectivity index (χ3n) is 4.73. The van der Waals surface area contributed by atoms with Gasteiger partial charge >= 0.3 is 0 Å². The van der Waals surface area contributed by atoms with E-state index in [0.717, 1.165) is 0 Å². The van der Waals surface area contributed by atoms with E-state index < -0.39 is 15.9 Å². The Morgan fingerprint density at radius 3 is 2.62 bits per heavy atom. The van der Waals surface area contributed by atoms with Gasteiger partial charge in [0.2, 0.25) is 15.9 Å². The standard InChI is InChI=1S/C19H19Cl3N2O4S/c1-28-17-8-7-13(10-15(17)21)29(26,27)24-9-3-4-12(11-24)19(25)23-16-6-2-5-14(20)18(16)22/h2,5-8,10,12H,3-4,9,11H2,1H3,(H,23,25)/t12-/m0/s1. The maximum Gasteiger partial charge on any atom is 0.243 e. The lowest BCUT2D eigenvalue weighted by molar-refractivity contribution is -0.120. The predicted octanol–water partition coefficient (Wildman–Crippen LogP) is 4.69. The summed E-state index contributed by atoms with van der Waals surface area (Å²) in [7, 11) is -2.34. The Labute approximate surface area is 184 Å². The zero-order chi connectivity index (χ0) is 21.2. The summed E-state index contributed by atoms with van der Waals surface area (Å²) in [6.45, 7) is 0.393. The van der Waals surface area contributed by atoms with Crippen LogP contribution >= 0.6 is 34.8 Å². The van der Waals surface area contributed by atoms with Gasteiger partial charge in [-0.15, -0.1) is 0 Å². The summed E-state index contributed by atoms with van der Waals surface area (Å²) in [5, 5.41) is 3.52. The molecule has 0 spiro atoms. The minimum atomic E-state index is -3.80. The van der Waals surface area contributed by atoms with E-state index in [1.165, 1.54) is 29.6 Å². The number of ether oxygens (including phenoxy) is 1. The average molecular weight is 478 g/mol. The Kier molecular flexibility index (Phi) is 6.96. The molecule has 0 aromatic heterocycles. The molecule has 1 amide bonds. The highest BCUT2D eigenvalue weighted by Gasteiger charge is 2.33. The highest BCUT2D eigenvalue weighted by molar-refractivity contribution is 7.89. The number of sulfonamides is 1. The van der Waals surface area contributed by atoms with E-state index in [1.807, 2.05) is 0 Å². The Balaban J connectivity index is 1.76. The molecule has 0 aliphatic carbocycles. The Bertz CT molecular complexity index is 1030. The summed E-state index contributed by atoms with van der Waals surface area (Å²) in [5.41, 5.74) is 0.395. The van der Waals surface area contributed by atoms with Crippen LogP contribution < -0.4 is 10.1 Å². The Morgan fingerprint density at radius 1 is 1.17 bits per heavy atom. The largest absolute Gasteiger partial charge is 0.495 e. The molecule has 0 radical (unpaired) electrons. The van der Waals surface area contributed by atoms with Crippen LogP contribution in [-0.4, -0.2) is 38.8 Å². The summed E-state index contributed by atoms with van der Waals surface area (Å²) in [4.78, 5) is 12.8. The van der Waals surface area contributed by atoms with E-state index >= 15 is 0 Å². The predicted molar refractivity (Wildman–Crippen MR) is 115 cm³/mol. The van der Waals surface area contributed by atoms with Crippen LogP contribution in [-0.2, 0) is 14.8 Å². The second-order valence-corrected chi connectivity index (χ2v) is 9.72. The molecular weight excluding hydrogens is 459 g/mol. The summed E-state index contributed by atoms with van der Waals surface area (Å²) in [5.74, 6) is -0.427. The van der Waals surface area contributed by atoms with Gasteiger partial charge in [0.05, 0.1) is 38.7 Å². The average Bonchev–Trinajstić information content (AvgIpc) is 2.71. The van der Waals surface area contributed by atoms with Crippen molar-refractivity contribution in [2.45, 2.75) is 17.7 Å². The number of methoxy groups -OCH3 is 1. The van der Waals surface area contributed by atoms with E-state index in [9.17, 15) is 13.2 Å². The zero-order valence-corrected chi connectivity index (χ0v) is 18.6. The molecule has 2 aromatic rings. The van der Waals surface area contributed by atoms with Gasteiger partial charge in [0, 0.05) is 13.1 Å². The number of benzene rings is 2. The third-order valence-corrected chi connectivity index (χ3v) is 7.70. The highest BCUT2D eigenvalue weighted by Crippen LogP contribution is 2.32. The maximum absolute atomic E-state index is 13.0. The zero-order valence-electron chi connectivity index (χ0n) is 15.5. The number of rotatable bonds is 5. The highest BCUT2D eigenvalue weighted by atomic mass is 35.5. The van der Waals surface area contributed by atoms with Gasteiger partial charge in [0.25, 0.3) is 0 Å². The molecule has 1 N–H and O–H groups in total. The molecule has 1 fully saturated rings. The molecule has 156 valence electrons.